The van der Waals surface area contributed by atoms with Crippen LogP contribution in [0.4, 0.5) is 0 Å². The molecule has 1 aromatic rings. The Morgan fingerprint density at radius 1 is 1.42 bits per heavy atom. The van der Waals surface area contributed by atoms with Gasteiger partial charge in [-0.05, 0) is 18.6 Å². The van der Waals surface area contributed by atoms with Crippen molar-refractivity contribution in [3.05, 3.63) is 33.3 Å². The molecule has 1 saturated heterocycles. The van der Waals surface area contributed by atoms with Gasteiger partial charge < -0.3 is 4.74 Å². The van der Waals surface area contributed by atoms with E-state index >= 15 is 0 Å². The maximum atomic E-state index is 6.07. The highest BCUT2D eigenvalue weighted by atomic mass is 35.5. The van der Waals surface area contributed by atoms with Crippen LogP contribution < -0.4 is 0 Å². The van der Waals surface area contributed by atoms with Crippen LogP contribution in [-0.4, -0.2) is 6.61 Å². The van der Waals surface area contributed by atoms with Crippen LogP contribution >= 0.6 is 23.2 Å². The van der Waals surface area contributed by atoms with Gasteiger partial charge >= 0.3 is 0 Å². The van der Waals surface area contributed by atoms with Crippen LogP contribution in [0.5, 0.6) is 0 Å². The topological polar surface area (TPSA) is 12.5 Å². The van der Waals surface area contributed by atoms with E-state index in [0.29, 0.717) is 5.02 Å². The molecular weight excluding hydrogens is 195 g/mol. The molecule has 1 unspecified atom stereocenters. The molecule has 0 bridgehead atoms. The lowest BCUT2D eigenvalue weighted by molar-refractivity contribution is 0.415. The molecule has 1 heterocycles. The van der Waals surface area contributed by atoms with E-state index in [4.69, 9.17) is 27.9 Å². The SMILES string of the molecule is Cc1c(Cl)ccc(C2CO2)c1Cl. The van der Waals surface area contributed by atoms with Crippen LogP contribution in [0, 0.1) is 6.92 Å². The quantitative estimate of drug-likeness (QED) is 0.637. The normalized spacial score (nSPS) is 21.1. The van der Waals surface area contributed by atoms with Crippen LogP contribution in [0.1, 0.15) is 17.2 Å². The Morgan fingerprint density at radius 2 is 2.08 bits per heavy atom. The second-order valence-corrected chi connectivity index (χ2v) is 3.68. The molecule has 1 atom stereocenters. The molecule has 0 amide bonds. The Hall–Kier alpha value is -0.240. The lowest BCUT2D eigenvalue weighted by atomic mass is 10.1. The summed E-state index contributed by atoms with van der Waals surface area (Å²) in [7, 11) is 0. The Labute approximate surface area is 81.2 Å². The van der Waals surface area contributed by atoms with Gasteiger partial charge in [0.25, 0.3) is 0 Å². The molecule has 64 valence electrons. The van der Waals surface area contributed by atoms with Crippen molar-refractivity contribution < 1.29 is 4.74 Å². The minimum Gasteiger partial charge on any atom is -0.368 e. The standard InChI is InChI=1S/C9H8Cl2O/c1-5-7(10)3-2-6(9(5)11)8-4-12-8/h2-3,8H,4H2,1H3. The Kier molecular flexibility index (Phi) is 2.03. The third-order valence-corrected chi connectivity index (χ3v) is 2.94. The van der Waals surface area contributed by atoms with Gasteiger partial charge in [0.05, 0.1) is 11.6 Å². The van der Waals surface area contributed by atoms with Gasteiger partial charge in [-0.15, -0.1) is 0 Å². The van der Waals surface area contributed by atoms with Crippen LogP contribution in [0.25, 0.3) is 0 Å². The van der Waals surface area contributed by atoms with E-state index in [2.05, 4.69) is 0 Å². The fourth-order valence-corrected chi connectivity index (χ4v) is 1.65. The van der Waals surface area contributed by atoms with E-state index in [1.165, 1.54) is 0 Å². The lowest BCUT2D eigenvalue weighted by Crippen LogP contribution is -1.86. The summed E-state index contributed by atoms with van der Waals surface area (Å²) >= 11 is 12.0. The minimum atomic E-state index is 0.202. The molecule has 2 rings (SSSR count). The zero-order valence-corrected chi connectivity index (χ0v) is 8.12. The first-order valence-corrected chi connectivity index (χ1v) is 4.52. The summed E-state index contributed by atoms with van der Waals surface area (Å²) in [5.41, 5.74) is 1.99. The zero-order valence-electron chi connectivity index (χ0n) is 6.60. The van der Waals surface area contributed by atoms with Crippen LogP contribution in [0.2, 0.25) is 10.0 Å². The molecule has 0 spiro atoms. The molecule has 1 aromatic carbocycles. The molecule has 0 aliphatic carbocycles. The van der Waals surface area contributed by atoms with Gasteiger partial charge in [0.1, 0.15) is 6.10 Å². The van der Waals surface area contributed by atoms with Gasteiger partial charge in [0.15, 0.2) is 0 Å². The first-order chi connectivity index (χ1) is 5.70. The van der Waals surface area contributed by atoms with Crippen molar-refractivity contribution in [2.75, 3.05) is 6.61 Å². The summed E-state index contributed by atoms with van der Waals surface area (Å²) in [5, 5.41) is 1.45. The Balaban J connectivity index is 2.49. The number of benzene rings is 1. The van der Waals surface area contributed by atoms with Crippen molar-refractivity contribution >= 4 is 23.2 Å². The van der Waals surface area contributed by atoms with Crippen molar-refractivity contribution in [2.45, 2.75) is 13.0 Å². The number of epoxide rings is 1. The summed E-state index contributed by atoms with van der Waals surface area (Å²) in [6.07, 6.45) is 0.202. The predicted molar refractivity (Wildman–Crippen MR) is 49.9 cm³/mol. The molecular formula is C9H8Cl2O. The first-order valence-electron chi connectivity index (χ1n) is 3.76. The maximum Gasteiger partial charge on any atom is 0.107 e. The van der Waals surface area contributed by atoms with Gasteiger partial charge in [0, 0.05) is 10.6 Å². The average Bonchev–Trinajstić information content (AvgIpc) is 2.84. The van der Waals surface area contributed by atoms with Gasteiger partial charge in [-0.2, -0.15) is 0 Å². The second-order valence-electron chi connectivity index (χ2n) is 2.90. The fourth-order valence-electron chi connectivity index (χ4n) is 1.16. The van der Waals surface area contributed by atoms with Crippen molar-refractivity contribution in [1.29, 1.82) is 0 Å². The molecule has 12 heavy (non-hydrogen) atoms. The summed E-state index contributed by atoms with van der Waals surface area (Å²) in [6.45, 7) is 2.69. The lowest BCUT2D eigenvalue weighted by Gasteiger charge is -2.04. The van der Waals surface area contributed by atoms with Gasteiger partial charge in [0.2, 0.25) is 0 Å². The number of ether oxygens (including phenoxy) is 1. The predicted octanol–water partition coefficient (Wildman–Crippen LogP) is 3.37. The highest BCUT2D eigenvalue weighted by molar-refractivity contribution is 6.36. The highest BCUT2D eigenvalue weighted by Crippen LogP contribution is 2.38. The van der Waals surface area contributed by atoms with Gasteiger partial charge in [-0.1, -0.05) is 29.3 Å². The van der Waals surface area contributed by atoms with Crippen LogP contribution in [0.3, 0.4) is 0 Å². The van der Waals surface area contributed by atoms with E-state index in [1.54, 1.807) is 0 Å². The number of hydrogen-bond acceptors (Lipinski definition) is 1. The summed E-state index contributed by atoms with van der Waals surface area (Å²) in [6, 6.07) is 3.79. The molecule has 1 aliphatic heterocycles. The molecule has 0 saturated carbocycles. The first kappa shape index (κ1) is 8.36. The monoisotopic (exact) mass is 202 g/mol. The van der Waals surface area contributed by atoms with Crippen LogP contribution in [-0.2, 0) is 4.74 Å². The van der Waals surface area contributed by atoms with E-state index in [-0.39, 0.29) is 6.10 Å². The van der Waals surface area contributed by atoms with Gasteiger partial charge in [-0.25, -0.2) is 0 Å². The summed E-state index contributed by atoms with van der Waals surface area (Å²) < 4.78 is 5.14. The molecule has 1 aliphatic rings. The molecule has 3 heteroatoms. The summed E-state index contributed by atoms with van der Waals surface area (Å²) in [4.78, 5) is 0. The smallest absolute Gasteiger partial charge is 0.107 e. The molecule has 0 radical (unpaired) electrons. The van der Waals surface area contributed by atoms with Crippen molar-refractivity contribution in [3.63, 3.8) is 0 Å². The Bertz CT molecular complexity index is 319. The number of halogens is 2. The third kappa shape index (κ3) is 1.33. The van der Waals surface area contributed by atoms with Crippen molar-refractivity contribution in [2.24, 2.45) is 0 Å². The van der Waals surface area contributed by atoms with E-state index in [0.717, 1.165) is 22.8 Å². The number of rotatable bonds is 1. The van der Waals surface area contributed by atoms with Crippen molar-refractivity contribution in [1.82, 2.24) is 0 Å². The summed E-state index contributed by atoms with van der Waals surface area (Å²) in [5.74, 6) is 0. The minimum absolute atomic E-state index is 0.202. The van der Waals surface area contributed by atoms with Crippen LogP contribution in [0.15, 0.2) is 12.1 Å². The van der Waals surface area contributed by atoms with E-state index in [9.17, 15) is 0 Å². The zero-order chi connectivity index (χ0) is 8.72. The van der Waals surface area contributed by atoms with Gasteiger partial charge in [-0.3, -0.25) is 0 Å². The average molecular weight is 203 g/mol. The molecule has 0 N–H and O–H groups in total. The fraction of sp³-hybridized carbons (Fsp3) is 0.333. The third-order valence-electron chi connectivity index (χ3n) is 2.03. The molecule has 1 fully saturated rings. The van der Waals surface area contributed by atoms with E-state index in [1.807, 2.05) is 19.1 Å². The largest absolute Gasteiger partial charge is 0.368 e. The Morgan fingerprint density at radius 3 is 2.67 bits per heavy atom. The highest BCUT2D eigenvalue weighted by Gasteiger charge is 2.27. The second kappa shape index (κ2) is 2.91. The van der Waals surface area contributed by atoms with Crippen molar-refractivity contribution in [3.8, 4) is 0 Å². The van der Waals surface area contributed by atoms with E-state index < -0.39 is 0 Å². The maximum absolute atomic E-state index is 6.07. The molecule has 0 aromatic heterocycles. The molecule has 1 nitrogen and oxygen atoms in total. The number of hydrogen-bond donors (Lipinski definition) is 0.